The maximum absolute atomic E-state index is 11.5. The molecule has 0 aliphatic carbocycles. The Morgan fingerprint density at radius 1 is 0.769 bits per heavy atom. The van der Waals surface area contributed by atoms with Crippen LogP contribution in [0.4, 0.5) is 26.3 Å². The summed E-state index contributed by atoms with van der Waals surface area (Å²) in [5, 5.41) is 0. The molecule has 0 saturated carbocycles. The van der Waals surface area contributed by atoms with Crippen molar-refractivity contribution in [2.75, 3.05) is 0 Å². The van der Waals surface area contributed by atoms with Gasteiger partial charge in [0.05, 0.1) is 0 Å². The van der Waals surface area contributed by atoms with Crippen LogP contribution in [0.15, 0.2) is 0 Å². The molecule has 0 rings (SSSR count). The van der Waals surface area contributed by atoms with Crippen LogP contribution in [0.1, 0.15) is 0 Å². The zero-order valence-corrected chi connectivity index (χ0v) is 6.69. The standard InChI is InChI=1S/C3H5F6O3P/c4-2(5,6)1(3(7,8)9)13(10,11)12/h1,10-13H. The molecule has 0 aromatic heterocycles. The molecule has 0 amide bonds. The second-order valence-electron chi connectivity index (χ2n) is 2.20. The number of halogens is 6. The molecule has 0 unspecified atom stereocenters. The molecule has 0 atom stereocenters. The summed E-state index contributed by atoms with van der Waals surface area (Å²) < 4.78 is 69.3. The van der Waals surface area contributed by atoms with Crippen LogP contribution in [-0.4, -0.2) is 32.7 Å². The average molecular weight is 234 g/mol. The van der Waals surface area contributed by atoms with Crippen LogP contribution in [0.2, 0.25) is 0 Å². The fourth-order valence-electron chi connectivity index (χ4n) is 0.625. The first kappa shape index (κ1) is 12.9. The van der Waals surface area contributed by atoms with Crippen molar-refractivity contribution in [2.24, 2.45) is 0 Å². The van der Waals surface area contributed by atoms with E-state index >= 15 is 0 Å². The fraction of sp³-hybridized carbons (Fsp3) is 1.00. The SMILES string of the molecule is O[PH](O)(O)C(C(F)(F)F)C(F)(F)F. The summed E-state index contributed by atoms with van der Waals surface area (Å²) in [5.41, 5.74) is -4.47. The molecule has 3 nitrogen and oxygen atoms in total. The van der Waals surface area contributed by atoms with Crippen LogP contribution in [-0.2, 0) is 0 Å². The quantitative estimate of drug-likeness (QED) is 0.467. The van der Waals surface area contributed by atoms with Crippen molar-refractivity contribution in [2.45, 2.75) is 18.0 Å². The van der Waals surface area contributed by atoms with Gasteiger partial charge in [-0.25, -0.2) is 0 Å². The van der Waals surface area contributed by atoms with Gasteiger partial charge in [-0.1, -0.05) is 0 Å². The van der Waals surface area contributed by atoms with Crippen molar-refractivity contribution in [1.29, 1.82) is 0 Å². The molecular formula is C3H5F6O3P. The summed E-state index contributed by atoms with van der Waals surface area (Å²) in [6.07, 6.45) is -11.9. The second kappa shape index (κ2) is 3.23. The number of hydrogen-bond donors (Lipinski definition) is 3. The van der Waals surface area contributed by atoms with E-state index in [0.29, 0.717) is 0 Å². The van der Waals surface area contributed by atoms with E-state index in [1.165, 1.54) is 0 Å². The number of rotatable bonds is 1. The predicted octanol–water partition coefficient (Wildman–Crippen LogP) is 0.951. The van der Waals surface area contributed by atoms with E-state index in [0.717, 1.165) is 0 Å². The third-order valence-electron chi connectivity index (χ3n) is 1.04. The van der Waals surface area contributed by atoms with Crippen molar-refractivity contribution in [3.05, 3.63) is 0 Å². The topological polar surface area (TPSA) is 60.7 Å². The Morgan fingerprint density at radius 3 is 1.00 bits per heavy atom. The monoisotopic (exact) mass is 234 g/mol. The van der Waals surface area contributed by atoms with Gasteiger partial charge in [0.15, 0.2) is 0 Å². The summed E-state index contributed by atoms with van der Waals surface area (Å²) in [4.78, 5) is 23.9. The van der Waals surface area contributed by atoms with Crippen LogP contribution in [0.5, 0.6) is 0 Å². The van der Waals surface area contributed by atoms with Crippen molar-refractivity contribution >= 4 is 7.94 Å². The zero-order valence-electron chi connectivity index (χ0n) is 5.69. The first-order valence-corrected chi connectivity index (χ1v) is 4.59. The van der Waals surface area contributed by atoms with Gasteiger partial charge < -0.3 is 0 Å². The molecule has 0 fully saturated rings. The Balaban J connectivity index is 5.02. The van der Waals surface area contributed by atoms with Gasteiger partial charge in [-0.05, 0) is 0 Å². The zero-order chi connectivity index (χ0) is 11.1. The Kier molecular flexibility index (Phi) is 3.20. The van der Waals surface area contributed by atoms with Gasteiger partial charge in [0.2, 0.25) is 0 Å². The van der Waals surface area contributed by atoms with Gasteiger partial charge in [-0.15, -0.1) is 0 Å². The van der Waals surface area contributed by atoms with E-state index in [9.17, 15) is 26.3 Å². The van der Waals surface area contributed by atoms with Gasteiger partial charge in [0, 0.05) is 0 Å². The molecule has 0 heterocycles. The van der Waals surface area contributed by atoms with Gasteiger partial charge in [0.1, 0.15) is 0 Å². The Labute approximate surface area is 68.2 Å². The molecule has 0 aromatic carbocycles. The molecule has 0 saturated heterocycles. The van der Waals surface area contributed by atoms with E-state index in [2.05, 4.69) is 0 Å². The van der Waals surface area contributed by atoms with Crippen molar-refractivity contribution in [1.82, 2.24) is 0 Å². The maximum atomic E-state index is 11.5. The summed E-state index contributed by atoms with van der Waals surface area (Å²) in [6, 6.07) is 0. The molecular weight excluding hydrogens is 229 g/mol. The molecule has 3 N–H and O–H groups in total. The Bertz CT molecular complexity index is 146. The van der Waals surface area contributed by atoms with Gasteiger partial charge >= 0.3 is 67.0 Å². The van der Waals surface area contributed by atoms with Crippen LogP contribution in [0.25, 0.3) is 0 Å². The summed E-state index contributed by atoms with van der Waals surface area (Å²) in [5.74, 6) is 0. The molecule has 10 heteroatoms. The number of hydrogen-bond acceptors (Lipinski definition) is 3. The second-order valence-corrected chi connectivity index (χ2v) is 4.16. The molecule has 13 heavy (non-hydrogen) atoms. The summed E-state index contributed by atoms with van der Waals surface area (Å²) >= 11 is 0. The van der Waals surface area contributed by atoms with Gasteiger partial charge in [-0.3, -0.25) is 0 Å². The van der Waals surface area contributed by atoms with Crippen molar-refractivity contribution in [3.63, 3.8) is 0 Å². The fourth-order valence-corrected chi connectivity index (χ4v) is 1.50. The molecule has 0 spiro atoms. The van der Waals surface area contributed by atoms with Crippen LogP contribution in [0.3, 0.4) is 0 Å². The van der Waals surface area contributed by atoms with Crippen LogP contribution >= 0.6 is 7.94 Å². The molecule has 0 aliphatic rings. The minimum atomic E-state index is -6.31. The summed E-state index contributed by atoms with van der Waals surface area (Å²) in [7, 11) is -6.31. The normalized spacial score (nSPS) is 16.5. The van der Waals surface area contributed by atoms with Crippen LogP contribution in [0, 0.1) is 0 Å². The van der Waals surface area contributed by atoms with Gasteiger partial charge in [0.25, 0.3) is 0 Å². The molecule has 0 radical (unpaired) electrons. The van der Waals surface area contributed by atoms with E-state index < -0.39 is 26.0 Å². The van der Waals surface area contributed by atoms with Crippen molar-refractivity contribution < 1.29 is 41.0 Å². The third-order valence-corrected chi connectivity index (χ3v) is 2.47. The number of alkyl halides is 6. The first-order valence-electron chi connectivity index (χ1n) is 2.67. The Hall–Kier alpha value is -0.110. The predicted molar refractivity (Wildman–Crippen MR) is 30.9 cm³/mol. The minimum absolute atomic E-state index is 4.47. The van der Waals surface area contributed by atoms with E-state index in [-0.39, 0.29) is 0 Å². The Morgan fingerprint density at radius 2 is 1.00 bits per heavy atom. The summed E-state index contributed by atoms with van der Waals surface area (Å²) in [6.45, 7) is 0. The van der Waals surface area contributed by atoms with Crippen molar-refractivity contribution in [3.8, 4) is 0 Å². The molecule has 0 aromatic rings. The van der Waals surface area contributed by atoms with E-state index in [1.54, 1.807) is 0 Å². The third kappa shape index (κ3) is 3.63. The van der Waals surface area contributed by atoms with Crippen LogP contribution < -0.4 is 0 Å². The van der Waals surface area contributed by atoms with E-state index in [4.69, 9.17) is 14.7 Å². The van der Waals surface area contributed by atoms with E-state index in [1.807, 2.05) is 0 Å². The average Bonchev–Trinajstić information content (AvgIpc) is 1.44. The molecule has 0 bridgehead atoms. The first-order chi connectivity index (χ1) is 5.37. The molecule has 0 aliphatic heterocycles. The van der Waals surface area contributed by atoms with Gasteiger partial charge in [-0.2, -0.15) is 0 Å². The molecule has 82 valence electrons.